The predicted octanol–water partition coefficient (Wildman–Crippen LogP) is 13.6. The number of aromatic nitrogens is 1. The molecule has 11 rings (SSSR count). The van der Waals surface area contributed by atoms with Crippen LogP contribution in [0.2, 0.25) is 0 Å². The Bertz CT molecular complexity index is 3010. The van der Waals surface area contributed by atoms with E-state index in [-0.39, 0.29) is 0 Å². The number of benzene rings is 9. The molecule has 0 saturated heterocycles. The van der Waals surface area contributed by atoms with E-state index < -0.39 is 0 Å². The maximum Gasteiger partial charge on any atom is 0.0471 e. The van der Waals surface area contributed by atoms with Crippen molar-refractivity contribution in [3.63, 3.8) is 0 Å². The molecule has 0 aliphatic heterocycles. The van der Waals surface area contributed by atoms with Crippen molar-refractivity contribution in [2.45, 2.75) is 0 Å². The monoisotopic (exact) mass is 625 g/mol. The van der Waals surface area contributed by atoms with E-state index in [0.29, 0.717) is 0 Å². The zero-order valence-electron chi connectivity index (χ0n) is 25.9. The van der Waals surface area contributed by atoms with Crippen LogP contribution in [0.1, 0.15) is 0 Å². The second-order valence-corrected chi connectivity index (χ2v) is 13.9. The Morgan fingerprint density at radius 1 is 0.354 bits per heavy atom. The summed E-state index contributed by atoms with van der Waals surface area (Å²) in [6, 6.07) is 58.4. The van der Waals surface area contributed by atoms with Crippen molar-refractivity contribution in [3.05, 3.63) is 158 Å². The van der Waals surface area contributed by atoms with Gasteiger partial charge in [-0.1, -0.05) is 133 Å². The lowest BCUT2D eigenvalue weighted by molar-refractivity contribution is 1.55. The lowest BCUT2D eigenvalue weighted by Crippen LogP contribution is -1.93. The molecule has 11 aromatic rings. The third kappa shape index (κ3) is 3.50. The van der Waals surface area contributed by atoms with Crippen molar-refractivity contribution < 1.29 is 0 Å². The van der Waals surface area contributed by atoms with E-state index >= 15 is 0 Å². The number of thiophene rings is 1. The van der Waals surface area contributed by atoms with E-state index in [1.165, 1.54) is 108 Å². The average molecular weight is 626 g/mol. The molecular weight excluding hydrogens is 599 g/mol. The lowest BCUT2D eigenvalue weighted by Gasteiger charge is -2.21. The zero-order chi connectivity index (χ0) is 31.3. The molecule has 0 aliphatic rings. The summed E-state index contributed by atoms with van der Waals surface area (Å²) in [7, 11) is 0. The minimum Gasteiger partial charge on any atom is -0.354 e. The predicted molar refractivity (Wildman–Crippen MR) is 209 cm³/mol. The highest BCUT2D eigenvalue weighted by atomic mass is 32.1. The molecular formula is C46H27NS. The van der Waals surface area contributed by atoms with Crippen LogP contribution in [-0.2, 0) is 0 Å². The molecule has 1 nitrogen and oxygen atoms in total. The Labute approximate surface area is 280 Å². The second kappa shape index (κ2) is 9.78. The fourth-order valence-corrected chi connectivity index (χ4v) is 9.64. The van der Waals surface area contributed by atoms with E-state index in [9.17, 15) is 0 Å². The number of fused-ring (bicyclic) bond motifs is 5. The zero-order valence-corrected chi connectivity index (χ0v) is 26.7. The Kier molecular flexibility index (Phi) is 5.32. The third-order valence-electron chi connectivity index (χ3n) is 10.4. The summed E-state index contributed by atoms with van der Waals surface area (Å²) < 4.78 is 2.67. The third-order valence-corrected chi connectivity index (χ3v) is 11.6. The van der Waals surface area contributed by atoms with Crippen molar-refractivity contribution in [3.8, 4) is 33.4 Å². The molecule has 0 fully saturated rings. The number of hydrogen-bond acceptors (Lipinski definition) is 1. The highest BCUT2D eigenvalue weighted by Gasteiger charge is 2.22. The minimum atomic E-state index is 1.19. The standard InChI is InChI=1S/C46H27NS/c1-2-15-30(28(13-1)36-21-10-22-37-29-14-7-8-25-41(29)48-46(36)37)43-31-16-3-5-18-33(31)44(34-19-6-4-17-32(34)43)38-26-27-12-9-23-39-42(27)45-35(38)20-11-24-40(45)47-39/h1-26,47H. The summed E-state index contributed by atoms with van der Waals surface area (Å²) >= 11 is 1.90. The maximum absolute atomic E-state index is 3.69. The van der Waals surface area contributed by atoms with E-state index in [4.69, 9.17) is 0 Å². The summed E-state index contributed by atoms with van der Waals surface area (Å²) in [6.07, 6.45) is 0. The van der Waals surface area contributed by atoms with E-state index in [2.05, 4.69) is 163 Å². The van der Waals surface area contributed by atoms with Gasteiger partial charge in [0, 0.05) is 47.5 Å². The maximum atomic E-state index is 3.69. The van der Waals surface area contributed by atoms with Crippen LogP contribution < -0.4 is 0 Å². The first-order chi connectivity index (χ1) is 23.8. The molecule has 0 saturated carbocycles. The first kappa shape index (κ1) is 26.1. The molecule has 0 aliphatic carbocycles. The number of hydrogen-bond donors (Lipinski definition) is 1. The van der Waals surface area contributed by atoms with Gasteiger partial charge >= 0.3 is 0 Å². The molecule has 222 valence electrons. The Morgan fingerprint density at radius 3 is 1.62 bits per heavy atom. The first-order valence-corrected chi connectivity index (χ1v) is 17.3. The van der Waals surface area contributed by atoms with Gasteiger partial charge in [0.05, 0.1) is 0 Å². The molecule has 9 aromatic carbocycles. The van der Waals surface area contributed by atoms with Gasteiger partial charge in [0.2, 0.25) is 0 Å². The van der Waals surface area contributed by atoms with Crippen LogP contribution in [0.3, 0.4) is 0 Å². The van der Waals surface area contributed by atoms with Gasteiger partial charge in [-0.05, 0) is 84.4 Å². The summed E-state index contributed by atoms with van der Waals surface area (Å²) in [5, 5.41) is 12.9. The van der Waals surface area contributed by atoms with Gasteiger partial charge in [0.15, 0.2) is 0 Å². The molecule has 2 heteroatoms. The van der Waals surface area contributed by atoms with Gasteiger partial charge in [-0.2, -0.15) is 0 Å². The Morgan fingerprint density at radius 2 is 0.875 bits per heavy atom. The molecule has 2 aromatic heterocycles. The van der Waals surface area contributed by atoms with Gasteiger partial charge in [-0.15, -0.1) is 11.3 Å². The quantitative estimate of drug-likeness (QED) is 0.149. The van der Waals surface area contributed by atoms with Gasteiger partial charge in [-0.25, -0.2) is 0 Å². The lowest BCUT2D eigenvalue weighted by atomic mass is 9.82. The van der Waals surface area contributed by atoms with Crippen LogP contribution in [-0.4, -0.2) is 4.98 Å². The highest BCUT2D eigenvalue weighted by Crippen LogP contribution is 2.50. The summed E-state index contributed by atoms with van der Waals surface area (Å²) in [6.45, 7) is 0. The fourth-order valence-electron chi connectivity index (χ4n) is 8.41. The highest BCUT2D eigenvalue weighted by molar-refractivity contribution is 7.26. The van der Waals surface area contributed by atoms with Crippen LogP contribution in [0.5, 0.6) is 0 Å². The van der Waals surface area contributed by atoms with Crippen molar-refractivity contribution >= 4 is 85.6 Å². The molecule has 0 atom stereocenters. The van der Waals surface area contributed by atoms with Gasteiger partial charge < -0.3 is 4.98 Å². The molecule has 2 heterocycles. The summed E-state index contributed by atoms with van der Waals surface area (Å²) in [5.74, 6) is 0. The molecule has 0 radical (unpaired) electrons. The van der Waals surface area contributed by atoms with Crippen molar-refractivity contribution in [2.24, 2.45) is 0 Å². The van der Waals surface area contributed by atoms with Crippen molar-refractivity contribution in [1.82, 2.24) is 4.98 Å². The van der Waals surface area contributed by atoms with Crippen molar-refractivity contribution in [1.29, 1.82) is 0 Å². The number of H-pyrrole nitrogens is 1. The van der Waals surface area contributed by atoms with Gasteiger partial charge in [-0.3, -0.25) is 0 Å². The van der Waals surface area contributed by atoms with E-state index in [1.807, 2.05) is 11.3 Å². The SMILES string of the molecule is c1ccc(-c2cccc3c2sc2ccccc23)c(-c2c3ccccc3c(-c3cc4cccc5[nH]c6cccc3c6c45)c3ccccc23)c1. The van der Waals surface area contributed by atoms with Crippen LogP contribution in [0.4, 0.5) is 0 Å². The number of aromatic amines is 1. The number of rotatable bonds is 3. The smallest absolute Gasteiger partial charge is 0.0471 e. The molecule has 0 unspecified atom stereocenters. The van der Waals surface area contributed by atoms with Gasteiger partial charge in [0.1, 0.15) is 0 Å². The van der Waals surface area contributed by atoms with Crippen LogP contribution >= 0.6 is 11.3 Å². The fraction of sp³-hybridized carbons (Fsp3) is 0. The second-order valence-electron chi connectivity index (χ2n) is 12.8. The number of nitrogens with one attached hydrogen (secondary N) is 1. The van der Waals surface area contributed by atoms with Gasteiger partial charge in [0.25, 0.3) is 0 Å². The summed E-state index contributed by atoms with van der Waals surface area (Å²) in [5.41, 5.74) is 10.1. The van der Waals surface area contributed by atoms with E-state index in [0.717, 1.165) is 0 Å². The summed E-state index contributed by atoms with van der Waals surface area (Å²) in [4.78, 5) is 3.69. The normalized spacial score (nSPS) is 12.2. The van der Waals surface area contributed by atoms with Crippen molar-refractivity contribution in [2.75, 3.05) is 0 Å². The topological polar surface area (TPSA) is 15.8 Å². The minimum absolute atomic E-state index is 1.19. The average Bonchev–Trinajstić information content (AvgIpc) is 3.72. The molecule has 0 spiro atoms. The van der Waals surface area contributed by atoms with Crippen LogP contribution in [0, 0.1) is 0 Å². The Balaban J connectivity index is 1.27. The molecule has 0 amide bonds. The molecule has 0 bridgehead atoms. The van der Waals surface area contributed by atoms with Crippen LogP contribution in [0.15, 0.2) is 158 Å². The molecule has 48 heavy (non-hydrogen) atoms. The largest absolute Gasteiger partial charge is 0.354 e. The molecule has 1 N–H and O–H groups in total. The Hall–Kier alpha value is -5.96. The van der Waals surface area contributed by atoms with E-state index in [1.54, 1.807) is 0 Å². The first-order valence-electron chi connectivity index (χ1n) is 16.5. The van der Waals surface area contributed by atoms with Crippen LogP contribution in [0.25, 0.3) is 108 Å².